The van der Waals surface area contributed by atoms with Crippen LogP contribution in [0.5, 0.6) is 0 Å². The van der Waals surface area contributed by atoms with Crippen LogP contribution < -0.4 is 5.73 Å². The van der Waals surface area contributed by atoms with Gasteiger partial charge >= 0.3 is 5.97 Å². The van der Waals surface area contributed by atoms with Crippen molar-refractivity contribution in [3.8, 4) is 0 Å². The summed E-state index contributed by atoms with van der Waals surface area (Å²) in [5.41, 5.74) is 5.21. The van der Waals surface area contributed by atoms with E-state index in [2.05, 4.69) is 0 Å². The Hall–Kier alpha value is -1.06. The second-order valence-corrected chi connectivity index (χ2v) is 4.13. The molecule has 0 radical (unpaired) electrons. The first-order valence-corrected chi connectivity index (χ1v) is 4.63. The molecular weight excluding hydrogens is 170 g/mol. The van der Waals surface area contributed by atoms with Gasteiger partial charge in [0.25, 0.3) is 0 Å². The van der Waals surface area contributed by atoms with Crippen LogP contribution >= 0.6 is 0 Å². The predicted molar refractivity (Wildman–Crippen MR) is 44.6 cm³/mol. The van der Waals surface area contributed by atoms with Crippen LogP contribution in [0.4, 0.5) is 0 Å². The van der Waals surface area contributed by atoms with E-state index in [4.69, 9.17) is 10.8 Å². The largest absolute Gasteiger partial charge is 0.481 e. The van der Waals surface area contributed by atoms with Crippen molar-refractivity contribution in [3.63, 3.8) is 0 Å². The predicted octanol–water partition coefficient (Wildman–Crippen LogP) is 0.219. The zero-order chi connectivity index (χ0) is 9.59. The number of hydrogen-bond donors (Lipinski definition) is 2. The number of hydrogen-bond acceptors (Lipinski definition) is 2. The van der Waals surface area contributed by atoms with E-state index in [-0.39, 0.29) is 11.8 Å². The van der Waals surface area contributed by atoms with Crippen molar-refractivity contribution >= 4 is 11.9 Å². The Kier molecular flexibility index (Phi) is 1.78. The van der Waals surface area contributed by atoms with Gasteiger partial charge in [0.1, 0.15) is 0 Å². The molecule has 0 aliphatic heterocycles. The fraction of sp³-hybridized carbons (Fsp3) is 0.778. The number of aliphatic carboxylic acids is 1. The van der Waals surface area contributed by atoms with Crippen LogP contribution in [0.2, 0.25) is 0 Å². The van der Waals surface area contributed by atoms with Crippen molar-refractivity contribution < 1.29 is 14.7 Å². The quantitative estimate of drug-likeness (QED) is 0.642. The first-order valence-electron chi connectivity index (χ1n) is 4.63. The van der Waals surface area contributed by atoms with Gasteiger partial charge in [-0.25, -0.2) is 0 Å². The monoisotopic (exact) mass is 183 g/mol. The minimum atomic E-state index is -0.851. The number of fused-ring (bicyclic) bond motifs is 2. The van der Waals surface area contributed by atoms with Crippen LogP contribution in [-0.2, 0) is 9.59 Å². The Bertz CT molecular complexity index is 238. The molecule has 1 amide bonds. The van der Waals surface area contributed by atoms with Gasteiger partial charge in [0.15, 0.2) is 0 Å². The Morgan fingerprint density at radius 2 is 1.69 bits per heavy atom. The van der Waals surface area contributed by atoms with E-state index in [0.717, 1.165) is 19.3 Å². The van der Waals surface area contributed by atoms with Gasteiger partial charge in [-0.3, -0.25) is 9.59 Å². The van der Waals surface area contributed by atoms with Crippen LogP contribution in [0, 0.1) is 23.7 Å². The SMILES string of the molecule is NC(=O)C1C2CCC(C2)C1C(=O)O. The molecule has 72 valence electrons. The summed E-state index contributed by atoms with van der Waals surface area (Å²) in [5, 5.41) is 8.95. The van der Waals surface area contributed by atoms with E-state index in [9.17, 15) is 9.59 Å². The minimum absolute atomic E-state index is 0.194. The second kappa shape index (κ2) is 2.72. The third kappa shape index (κ3) is 1.12. The average Bonchev–Trinajstić information content (AvgIpc) is 2.60. The average molecular weight is 183 g/mol. The smallest absolute Gasteiger partial charge is 0.307 e. The molecule has 0 aromatic heterocycles. The van der Waals surface area contributed by atoms with E-state index in [0.29, 0.717) is 0 Å². The Morgan fingerprint density at radius 3 is 2.08 bits per heavy atom. The number of amides is 1. The number of primary amides is 1. The van der Waals surface area contributed by atoms with Gasteiger partial charge in [0.2, 0.25) is 5.91 Å². The zero-order valence-corrected chi connectivity index (χ0v) is 7.27. The number of carbonyl (C=O) groups is 2. The highest BCUT2D eigenvalue weighted by atomic mass is 16.4. The lowest BCUT2D eigenvalue weighted by Gasteiger charge is -2.24. The van der Waals surface area contributed by atoms with Crippen LogP contribution in [0.15, 0.2) is 0 Å². The molecule has 2 rings (SSSR count). The number of carboxylic acid groups (broad SMARTS) is 1. The molecule has 0 aromatic carbocycles. The highest BCUT2D eigenvalue weighted by Crippen LogP contribution is 2.52. The van der Waals surface area contributed by atoms with Gasteiger partial charge in [-0.1, -0.05) is 0 Å². The summed E-state index contributed by atoms with van der Waals surface area (Å²) in [6.07, 6.45) is 2.80. The highest BCUT2D eigenvalue weighted by molar-refractivity contribution is 5.85. The van der Waals surface area contributed by atoms with Gasteiger partial charge in [0, 0.05) is 0 Å². The molecule has 4 unspecified atom stereocenters. The van der Waals surface area contributed by atoms with E-state index < -0.39 is 23.7 Å². The Labute approximate surface area is 76.1 Å². The number of nitrogens with two attached hydrogens (primary N) is 1. The molecule has 2 fully saturated rings. The summed E-state index contributed by atoms with van der Waals surface area (Å²) in [7, 11) is 0. The summed E-state index contributed by atoms with van der Waals surface area (Å²) in [6, 6.07) is 0. The molecule has 13 heavy (non-hydrogen) atoms. The molecule has 4 heteroatoms. The summed E-state index contributed by atoms with van der Waals surface area (Å²) in [5.74, 6) is -1.76. The fourth-order valence-electron chi connectivity index (χ4n) is 3.06. The minimum Gasteiger partial charge on any atom is -0.481 e. The molecule has 2 bridgehead atoms. The molecule has 3 N–H and O–H groups in total. The van der Waals surface area contributed by atoms with E-state index >= 15 is 0 Å². The van der Waals surface area contributed by atoms with Crippen molar-refractivity contribution in [1.82, 2.24) is 0 Å². The lowest BCUT2D eigenvalue weighted by Crippen LogP contribution is -2.38. The van der Waals surface area contributed by atoms with E-state index in [1.54, 1.807) is 0 Å². The lowest BCUT2D eigenvalue weighted by atomic mass is 9.79. The third-order valence-corrected chi connectivity index (χ3v) is 3.53. The second-order valence-electron chi connectivity index (χ2n) is 4.13. The van der Waals surface area contributed by atoms with Crippen LogP contribution in [0.3, 0.4) is 0 Å². The lowest BCUT2D eigenvalue weighted by molar-refractivity contribution is -0.148. The van der Waals surface area contributed by atoms with Gasteiger partial charge in [-0.2, -0.15) is 0 Å². The van der Waals surface area contributed by atoms with Crippen molar-refractivity contribution in [2.75, 3.05) is 0 Å². The Morgan fingerprint density at radius 1 is 1.15 bits per heavy atom. The molecule has 0 saturated heterocycles. The third-order valence-electron chi connectivity index (χ3n) is 3.53. The first-order chi connectivity index (χ1) is 6.11. The number of carbonyl (C=O) groups excluding carboxylic acids is 1. The fourth-order valence-corrected chi connectivity index (χ4v) is 3.06. The maximum Gasteiger partial charge on any atom is 0.307 e. The maximum absolute atomic E-state index is 11.1. The van der Waals surface area contributed by atoms with Crippen LogP contribution in [0.1, 0.15) is 19.3 Å². The van der Waals surface area contributed by atoms with Gasteiger partial charge < -0.3 is 10.8 Å². The molecule has 4 atom stereocenters. The molecule has 0 aromatic rings. The molecule has 2 aliphatic rings. The van der Waals surface area contributed by atoms with E-state index in [1.165, 1.54) is 0 Å². The molecule has 4 nitrogen and oxygen atoms in total. The highest BCUT2D eigenvalue weighted by Gasteiger charge is 2.53. The van der Waals surface area contributed by atoms with Crippen molar-refractivity contribution in [2.24, 2.45) is 29.4 Å². The maximum atomic E-state index is 11.1. The molecule has 2 aliphatic carbocycles. The zero-order valence-electron chi connectivity index (χ0n) is 7.27. The standard InChI is InChI=1S/C9H13NO3/c10-8(11)6-4-1-2-5(3-4)7(6)9(12)13/h4-7H,1-3H2,(H2,10,11)(H,12,13). The molecule has 0 heterocycles. The van der Waals surface area contributed by atoms with Crippen molar-refractivity contribution in [1.29, 1.82) is 0 Å². The summed E-state index contributed by atoms with van der Waals surface area (Å²) < 4.78 is 0. The first kappa shape index (κ1) is 8.53. The summed E-state index contributed by atoms with van der Waals surface area (Å²) >= 11 is 0. The van der Waals surface area contributed by atoms with Gasteiger partial charge in [0.05, 0.1) is 11.8 Å². The molecular formula is C9H13NO3. The number of rotatable bonds is 2. The topological polar surface area (TPSA) is 80.4 Å². The van der Waals surface area contributed by atoms with Crippen molar-refractivity contribution in [3.05, 3.63) is 0 Å². The molecule has 2 saturated carbocycles. The molecule has 0 spiro atoms. The number of carboxylic acids is 1. The summed E-state index contributed by atoms with van der Waals surface area (Å²) in [6.45, 7) is 0. The Balaban J connectivity index is 2.24. The van der Waals surface area contributed by atoms with Gasteiger partial charge in [-0.05, 0) is 31.1 Å². The summed E-state index contributed by atoms with van der Waals surface area (Å²) in [4.78, 5) is 22.0. The normalized spacial score (nSPS) is 42.2. The van der Waals surface area contributed by atoms with Crippen molar-refractivity contribution in [2.45, 2.75) is 19.3 Å². The van der Waals surface area contributed by atoms with E-state index in [1.807, 2.05) is 0 Å². The van der Waals surface area contributed by atoms with Crippen LogP contribution in [0.25, 0.3) is 0 Å². The van der Waals surface area contributed by atoms with Crippen LogP contribution in [-0.4, -0.2) is 17.0 Å². The van der Waals surface area contributed by atoms with Gasteiger partial charge in [-0.15, -0.1) is 0 Å².